The van der Waals surface area contributed by atoms with Gasteiger partial charge in [-0.1, -0.05) is 25.4 Å². The summed E-state index contributed by atoms with van der Waals surface area (Å²) >= 11 is 6.11. The van der Waals surface area contributed by atoms with Crippen molar-refractivity contribution in [2.75, 3.05) is 20.1 Å². The van der Waals surface area contributed by atoms with Gasteiger partial charge in [0.1, 0.15) is 5.82 Å². The molecule has 21 heavy (non-hydrogen) atoms. The fourth-order valence-corrected chi connectivity index (χ4v) is 2.67. The third-order valence-corrected chi connectivity index (χ3v) is 3.84. The highest BCUT2D eigenvalue weighted by atomic mass is 35.5. The Balaban J connectivity index is 0.00000220. The van der Waals surface area contributed by atoms with Crippen LogP contribution in [0.25, 0.3) is 0 Å². The van der Waals surface area contributed by atoms with Crippen LogP contribution >= 0.6 is 24.0 Å². The van der Waals surface area contributed by atoms with Crippen molar-refractivity contribution >= 4 is 29.9 Å². The molecule has 2 rings (SSSR count). The molecule has 0 radical (unpaired) electrons. The number of hydrogen-bond acceptors (Lipinski definition) is 4. The fourth-order valence-electron chi connectivity index (χ4n) is 2.50. The van der Waals surface area contributed by atoms with Crippen LogP contribution in [0.1, 0.15) is 48.9 Å². The van der Waals surface area contributed by atoms with Gasteiger partial charge in [-0.15, -0.1) is 12.4 Å². The molecular weight excluding hydrogens is 311 g/mol. The van der Waals surface area contributed by atoms with Crippen LogP contribution in [0.5, 0.6) is 0 Å². The van der Waals surface area contributed by atoms with Gasteiger partial charge in [-0.2, -0.15) is 0 Å². The zero-order valence-electron chi connectivity index (χ0n) is 12.6. The number of aromatic nitrogens is 2. The molecule has 1 aliphatic rings. The number of hydrogen-bond donors (Lipinski definition) is 1. The van der Waals surface area contributed by atoms with Crippen molar-refractivity contribution in [3.05, 3.63) is 22.7 Å². The lowest BCUT2D eigenvalue weighted by Gasteiger charge is -2.24. The lowest BCUT2D eigenvalue weighted by Crippen LogP contribution is -2.41. The molecule has 5 nitrogen and oxygen atoms in total. The van der Waals surface area contributed by atoms with Gasteiger partial charge in [-0.3, -0.25) is 4.79 Å². The van der Waals surface area contributed by atoms with E-state index in [-0.39, 0.29) is 30.3 Å². The number of likely N-dealkylation sites (tertiary alicyclic amines) is 1. The topological polar surface area (TPSA) is 58.1 Å². The van der Waals surface area contributed by atoms with Crippen LogP contribution in [0, 0.1) is 0 Å². The molecule has 1 amide bonds. The van der Waals surface area contributed by atoms with Gasteiger partial charge in [-0.05, 0) is 19.9 Å². The summed E-state index contributed by atoms with van der Waals surface area (Å²) in [6, 6.07) is 0.223. The van der Waals surface area contributed by atoms with Gasteiger partial charge in [0.25, 0.3) is 5.91 Å². The van der Waals surface area contributed by atoms with Gasteiger partial charge in [0, 0.05) is 25.0 Å². The number of nitrogens with zero attached hydrogens (tertiary/aromatic N) is 3. The average molecular weight is 333 g/mol. The molecule has 0 aromatic carbocycles. The first kappa shape index (κ1) is 18.1. The van der Waals surface area contributed by atoms with E-state index in [1.54, 1.807) is 0 Å². The predicted octanol–water partition coefficient (Wildman–Crippen LogP) is 2.50. The van der Waals surface area contributed by atoms with Crippen molar-refractivity contribution < 1.29 is 4.79 Å². The molecule has 1 unspecified atom stereocenters. The van der Waals surface area contributed by atoms with Crippen molar-refractivity contribution in [3.63, 3.8) is 0 Å². The van der Waals surface area contributed by atoms with Crippen LogP contribution in [-0.4, -0.2) is 47.0 Å². The van der Waals surface area contributed by atoms with Gasteiger partial charge < -0.3 is 10.2 Å². The van der Waals surface area contributed by atoms with E-state index in [0.717, 1.165) is 25.9 Å². The second kappa shape index (κ2) is 7.92. The molecule has 118 valence electrons. The smallest absolute Gasteiger partial charge is 0.274 e. The quantitative estimate of drug-likeness (QED) is 0.920. The van der Waals surface area contributed by atoms with E-state index in [4.69, 9.17) is 11.6 Å². The maximum absolute atomic E-state index is 12.7. The van der Waals surface area contributed by atoms with Crippen molar-refractivity contribution in [2.24, 2.45) is 0 Å². The second-order valence-electron chi connectivity index (χ2n) is 5.43. The Hall–Kier alpha value is -0.910. The molecule has 0 spiro atoms. The number of carbonyl (C=O) groups excluding carboxylic acids is 1. The standard InChI is InChI=1S/C14H21ClN4O.ClH/c1-9(2)13-17-8-11(15)12(18-13)14(20)19-6-4-5-10(19)7-16-3;/h8-10,16H,4-7H2,1-3H3;1H. The monoisotopic (exact) mass is 332 g/mol. The molecule has 1 fully saturated rings. The van der Waals surface area contributed by atoms with Gasteiger partial charge >= 0.3 is 0 Å². The minimum absolute atomic E-state index is 0. The lowest BCUT2D eigenvalue weighted by molar-refractivity contribution is 0.0730. The molecule has 0 saturated carbocycles. The molecule has 1 atom stereocenters. The first-order valence-corrected chi connectivity index (χ1v) is 7.40. The molecule has 1 N–H and O–H groups in total. The van der Waals surface area contributed by atoms with E-state index < -0.39 is 0 Å². The van der Waals surface area contributed by atoms with Gasteiger partial charge in [0.05, 0.1) is 11.2 Å². The summed E-state index contributed by atoms with van der Waals surface area (Å²) in [6.07, 6.45) is 3.57. The summed E-state index contributed by atoms with van der Waals surface area (Å²) in [5, 5.41) is 3.46. The lowest BCUT2D eigenvalue weighted by atomic mass is 10.2. The number of likely N-dealkylation sites (N-methyl/N-ethyl adjacent to an activating group) is 1. The largest absolute Gasteiger partial charge is 0.333 e. The zero-order chi connectivity index (χ0) is 14.7. The summed E-state index contributed by atoms with van der Waals surface area (Å²) in [4.78, 5) is 23.1. The molecule has 0 aliphatic carbocycles. The Bertz CT molecular complexity index is 496. The van der Waals surface area contributed by atoms with E-state index in [0.29, 0.717) is 16.5 Å². The first-order valence-electron chi connectivity index (χ1n) is 7.02. The Morgan fingerprint density at radius 3 is 2.90 bits per heavy atom. The Kier molecular flexibility index (Phi) is 6.84. The van der Waals surface area contributed by atoms with E-state index in [2.05, 4.69) is 15.3 Å². The normalized spacial score (nSPS) is 18.0. The second-order valence-corrected chi connectivity index (χ2v) is 5.84. The molecule has 1 saturated heterocycles. The van der Waals surface area contributed by atoms with Crippen molar-refractivity contribution in [3.8, 4) is 0 Å². The summed E-state index contributed by atoms with van der Waals surface area (Å²) in [7, 11) is 1.90. The van der Waals surface area contributed by atoms with Crippen LogP contribution in [-0.2, 0) is 0 Å². The summed E-state index contributed by atoms with van der Waals surface area (Å²) in [5.74, 6) is 0.740. The molecule has 2 heterocycles. The number of halogens is 2. The van der Waals surface area contributed by atoms with E-state index in [9.17, 15) is 4.79 Å². The number of rotatable bonds is 4. The number of carbonyl (C=O) groups is 1. The van der Waals surface area contributed by atoms with Crippen LogP contribution in [0.3, 0.4) is 0 Å². The summed E-state index contributed by atoms with van der Waals surface area (Å²) < 4.78 is 0. The maximum atomic E-state index is 12.7. The fraction of sp³-hybridized carbons (Fsp3) is 0.643. The van der Waals surface area contributed by atoms with Crippen molar-refractivity contribution in [1.82, 2.24) is 20.2 Å². The van der Waals surface area contributed by atoms with Gasteiger partial charge in [-0.25, -0.2) is 9.97 Å². The first-order chi connectivity index (χ1) is 9.54. The van der Waals surface area contributed by atoms with Crippen LogP contribution < -0.4 is 5.32 Å². The summed E-state index contributed by atoms with van der Waals surface area (Å²) in [6.45, 7) is 5.56. The predicted molar refractivity (Wildman–Crippen MR) is 86.4 cm³/mol. The Labute approximate surface area is 136 Å². The molecule has 1 aromatic heterocycles. The SMILES string of the molecule is CNCC1CCCN1C(=O)c1nc(C(C)C)ncc1Cl.Cl. The third kappa shape index (κ3) is 4.05. The molecule has 1 aromatic rings. The van der Waals surface area contributed by atoms with E-state index in [1.807, 2.05) is 25.8 Å². The van der Waals surface area contributed by atoms with Crippen molar-refractivity contribution in [2.45, 2.75) is 38.6 Å². The van der Waals surface area contributed by atoms with E-state index >= 15 is 0 Å². The molecular formula is C14H22Cl2N4O. The number of amides is 1. The number of nitrogens with one attached hydrogen (secondary N) is 1. The highest BCUT2D eigenvalue weighted by Gasteiger charge is 2.31. The zero-order valence-corrected chi connectivity index (χ0v) is 14.2. The van der Waals surface area contributed by atoms with Gasteiger partial charge in [0.2, 0.25) is 0 Å². The average Bonchev–Trinajstić information content (AvgIpc) is 2.87. The third-order valence-electron chi connectivity index (χ3n) is 3.56. The minimum Gasteiger partial charge on any atom is -0.333 e. The van der Waals surface area contributed by atoms with E-state index in [1.165, 1.54) is 6.20 Å². The molecule has 0 bridgehead atoms. The van der Waals surface area contributed by atoms with Crippen molar-refractivity contribution in [1.29, 1.82) is 0 Å². The minimum atomic E-state index is -0.0861. The molecule has 7 heteroatoms. The van der Waals surface area contributed by atoms with Crippen LogP contribution in [0.4, 0.5) is 0 Å². The van der Waals surface area contributed by atoms with Crippen LogP contribution in [0.2, 0.25) is 5.02 Å². The molecule has 1 aliphatic heterocycles. The van der Waals surface area contributed by atoms with Crippen LogP contribution in [0.15, 0.2) is 6.20 Å². The Morgan fingerprint density at radius 2 is 2.29 bits per heavy atom. The maximum Gasteiger partial charge on any atom is 0.274 e. The summed E-state index contributed by atoms with van der Waals surface area (Å²) in [5.41, 5.74) is 0.327. The highest BCUT2D eigenvalue weighted by molar-refractivity contribution is 6.33. The Morgan fingerprint density at radius 1 is 1.57 bits per heavy atom. The van der Waals surface area contributed by atoms with Gasteiger partial charge in [0.15, 0.2) is 5.69 Å². The highest BCUT2D eigenvalue weighted by Crippen LogP contribution is 2.23.